The molecule has 4 nitrogen and oxygen atoms in total. The van der Waals surface area contributed by atoms with Gasteiger partial charge in [0, 0.05) is 24.2 Å². The SMILES string of the molecule is NCc1ccc(/C=C2\C=C(CC(=O)NCc3ccc(C(=O)c4ccccc4)cc3)c3cc(F)ccc32)cc1. The number of amides is 1. The molecule has 0 aliphatic heterocycles. The number of benzene rings is 4. The Morgan fingerprint density at radius 2 is 1.47 bits per heavy atom. The molecule has 1 aliphatic carbocycles. The summed E-state index contributed by atoms with van der Waals surface area (Å²) in [5.74, 6) is -0.544. The van der Waals surface area contributed by atoms with Crippen LogP contribution in [0.15, 0.2) is 103 Å². The average Bonchev–Trinajstić information content (AvgIpc) is 3.28. The number of halogens is 1. The summed E-state index contributed by atoms with van der Waals surface area (Å²) in [6.07, 6.45) is 4.11. The van der Waals surface area contributed by atoms with E-state index >= 15 is 0 Å². The van der Waals surface area contributed by atoms with Crippen molar-refractivity contribution in [1.82, 2.24) is 5.32 Å². The van der Waals surface area contributed by atoms with Crippen LogP contribution in [-0.2, 0) is 17.9 Å². The highest BCUT2D eigenvalue weighted by Gasteiger charge is 2.21. The zero-order valence-corrected chi connectivity index (χ0v) is 20.8. The van der Waals surface area contributed by atoms with Crippen molar-refractivity contribution in [2.45, 2.75) is 19.5 Å². The molecule has 0 bridgehead atoms. The number of carbonyl (C=O) groups is 2. The van der Waals surface area contributed by atoms with Gasteiger partial charge >= 0.3 is 0 Å². The number of rotatable bonds is 8. The van der Waals surface area contributed by atoms with E-state index in [9.17, 15) is 14.0 Å². The molecule has 0 heterocycles. The monoisotopic (exact) mass is 502 g/mol. The van der Waals surface area contributed by atoms with Crippen LogP contribution in [0.2, 0.25) is 0 Å². The summed E-state index contributed by atoms with van der Waals surface area (Å²) in [6, 6.07) is 29.0. The maximum absolute atomic E-state index is 14.1. The highest BCUT2D eigenvalue weighted by Crippen LogP contribution is 2.38. The minimum absolute atomic E-state index is 0.0422. The molecule has 0 saturated heterocycles. The van der Waals surface area contributed by atoms with Gasteiger partial charge in [-0.25, -0.2) is 4.39 Å². The summed E-state index contributed by atoms with van der Waals surface area (Å²) in [7, 11) is 0. The van der Waals surface area contributed by atoms with Crippen molar-refractivity contribution in [2.75, 3.05) is 0 Å². The van der Waals surface area contributed by atoms with Crippen molar-refractivity contribution >= 4 is 28.9 Å². The molecule has 0 atom stereocenters. The lowest BCUT2D eigenvalue weighted by atomic mass is 10.0. The van der Waals surface area contributed by atoms with Gasteiger partial charge in [0.1, 0.15) is 5.82 Å². The highest BCUT2D eigenvalue weighted by molar-refractivity contribution is 6.09. The number of hydrogen-bond acceptors (Lipinski definition) is 3. The lowest BCUT2D eigenvalue weighted by molar-refractivity contribution is -0.120. The van der Waals surface area contributed by atoms with Gasteiger partial charge in [0.2, 0.25) is 5.91 Å². The van der Waals surface area contributed by atoms with Crippen LogP contribution in [0.1, 0.15) is 50.2 Å². The predicted octanol–water partition coefficient (Wildman–Crippen LogP) is 6.16. The van der Waals surface area contributed by atoms with Gasteiger partial charge in [-0.1, -0.05) is 84.9 Å². The molecule has 5 heteroatoms. The molecule has 38 heavy (non-hydrogen) atoms. The van der Waals surface area contributed by atoms with Gasteiger partial charge in [-0.05, 0) is 63.2 Å². The average molecular weight is 503 g/mol. The quantitative estimate of drug-likeness (QED) is 0.284. The second-order valence-electron chi connectivity index (χ2n) is 9.25. The van der Waals surface area contributed by atoms with E-state index in [1.54, 1.807) is 30.3 Å². The molecule has 4 aromatic carbocycles. The van der Waals surface area contributed by atoms with Crippen molar-refractivity contribution in [3.63, 3.8) is 0 Å². The van der Waals surface area contributed by atoms with Crippen LogP contribution in [0.25, 0.3) is 17.2 Å². The van der Waals surface area contributed by atoms with Crippen molar-refractivity contribution < 1.29 is 14.0 Å². The lowest BCUT2D eigenvalue weighted by Gasteiger charge is -2.09. The predicted molar refractivity (Wildman–Crippen MR) is 149 cm³/mol. The molecule has 0 fully saturated rings. The molecule has 1 amide bonds. The highest BCUT2D eigenvalue weighted by atomic mass is 19.1. The fraction of sp³-hybridized carbons (Fsp3) is 0.0909. The molecule has 0 aromatic heterocycles. The molecule has 5 rings (SSSR count). The van der Waals surface area contributed by atoms with Gasteiger partial charge in [0.25, 0.3) is 0 Å². The molecule has 0 saturated carbocycles. The Morgan fingerprint density at radius 1 is 0.789 bits per heavy atom. The number of allylic oxidation sites excluding steroid dienone is 2. The van der Waals surface area contributed by atoms with E-state index in [1.165, 1.54) is 12.1 Å². The Morgan fingerprint density at radius 3 is 2.18 bits per heavy atom. The van der Waals surface area contributed by atoms with Crippen LogP contribution in [0.5, 0.6) is 0 Å². The fourth-order valence-electron chi connectivity index (χ4n) is 4.54. The van der Waals surface area contributed by atoms with E-state index in [2.05, 4.69) is 5.32 Å². The van der Waals surface area contributed by atoms with Crippen molar-refractivity contribution in [1.29, 1.82) is 0 Å². The summed E-state index contributed by atoms with van der Waals surface area (Å²) >= 11 is 0. The molecule has 0 radical (unpaired) electrons. The minimum Gasteiger partial charge on any atom is -0.352 e. The van der Waals surface area contributed by atoms with Crippen LogP contribution < -0.4 is 11.1 Å². The number of nitrogens with two attached hydrogens (primary N) is 1. The summed E-state index contributed by atoms with van der Waals surface area (Å²) in [5, 5.41) is 2.94. The standard InChI is InChI=1S/C33H27FN2O2/c34-29-14-15-30-27(16-22-6-8-23(20-35)9-7-22)17-28(31(30)19-29)18-32(37)36-21-24-10-12-26(13-11-24)33(38)25-4-2-1-3-5-25/h1-17,19H,18,20-21,35H2,(H,36,37)/b27-16+. The minimum atomic E-state index is -0.339. The van der Waals surface area contributed by atoms with Gasteiger partial charge < -0.3 is 11.1 Å². The molecular formula is C33H27FN2O2. The summed E-state index contributed by atoms with van der Waals surface area (Å²) in [5.41, 5.74) is 13.2. The van der Waals surface area contributed by atoms with Gasteiger partial charge in [0.15, 0.2) is 5.78 Å². The van der Waals surface area contributed by atoms with Crippen molar-refractivity contribution in [3.05, 3.63) is 148 Å². The van der Waals surface area contributed by atoms with Gasteiger partial charge in [-0.2, -0.15) is 0 Å². The summed E-state index contributed by atoms with van der Waals surface area (Å²) in [6.45, 7) is 0.812. The van der Waals surface area contributed by atoms with E-state index in [0.717, 1.165) is 39.0 Å². The number of nitrogens with one attached hydrogen (secondary N) is 1. The first kappa shape index (κ1) is 25.1. The first-order valence-electron chi connectivity index (χ1n) is 12.5. The van der Waals surface area contributed by atoms with E-state index in [-0.39, 0.29) is 23.9 Å². The first-order chi connectivity index (χ1) is 18.5. The molecule has 4 aromatic rings. The van der Waals surface area contributed by atoms with E-state index in [1.807, 2.05) is 66.7 Å². The Hall–Kier alpha value is -4.61. The normalized spacial score (nSPS) is 13.2. The second kappa shape index (κ2) is 11.2. The third-order valence-corrected chi connectivity index (χ3v) is 6.60. The number of fused-ring (bicyclic) bond motifs is 1. The lowest BCUT2D eigenvalue weighted by Crippen LogP contribution is -2.22. The molecule has 0 spiro atoms. The Kier molecular flexibility index (Phi) is 7.38. The van der Waals surface area contributed by atoms with E-state index in [0.29, 0.717) is 24.2 Å². The molecule has 188 valence electrons. The molecular weight excluding hydrogens is 475 g/mol. The third-order valence-electron chi connectivity index (χ3n) is 6.60. The topological polar surface area (TPSA) is 72.2 Å². The maximum atomic E-state index is 14.1. The summed E-state index contributed by atoms with van der Waals surface area (Å²) in [4.78, 5) is 25.4. The molecule has 1 aliphatic rings. The Balaban J connectivity index is 1.26. The molecule has 0 unspecified atom stereocenters. The van der Waals surface area contributed by atoms with Crippen molar-refractivity contribution in [2.24, 2.45) is 5.73 Å². The largest absolute Gasteiger partial charge is 0.352 e. The number of carbonyl (C=O) groups excluding carboxylic acids is 2. The maximum Gasteiger partial charge on any atom is 0.224 e. The third kappa shape index (κ3) is 5.69. The number of ketones is 1. The van der Waals surface area contributed by atoms with Crippen LogP contribution >= 0.6 is 0 Å². The van der Waals surface area contributed by atoms with E-state index in [4.69, 9.17) is 5.73 Å². The van der Waals surface area contributed by atoms with Gasteiger partial charge in [-0.15, -0.1) is 0 Å². The Bertz CT molecular complexity index is 1540. The zero-order chi connectivity index (χ0) is 26.5. The van der Waals surface area contributed by atoms with Crippen LogP contribution in [0.4, 0.5) is 4.39 Å². The first-order valence-corrected chi connectivity index (χ1v) is 12.5. The van der Waals surface area contributed by atoms with Gasteiger partial charge in [0.05, 0.1) is 6.42 Å². The summed E-state index contributed by atoms with van der Waals surface area (Å²) < 4.78 is 14.1. The van der Waals surface area contributed by atoms with Crippen LogP contribution in [0, 0.1) is 5.82 Å². The van der Waals surface area contributed by atoms with Crippen LogP contribution in [0.3, 0.4) is 0 Å². The van der Waals surface area contributed by atoms with Gasteiger partial charge in [-0.3, -0.25) is 9.59 Å². The van der Waals surface area contributed by atoms with E-state index < -0.39 is 0 Å². The second-order valence-corrected chi connectivity index (χ2v) is 9.25. The fourth-order valence-corrected chi connectivity index (χ4v) is 4.54. The molecule has 3 N–H and O–H groups in total. The number of hydrogen-bond donors (Lipinski definition) is 2. The smallest absolute Gasteiger partial charge is 0.224 e. The zero-order valence-electron chi connectivity index (χ0n) is 20.8. The van der Waals surface area contributed by atoms with Crippen LogP contribution in [-0.4, -0.2) is 11.7 Å². The van der Waals surface area contributed by atoms with Crippen molar-refractivity contribution in [3.8, 4) is 0 Å². The Labute approximate surface area is 221 Å².